The summed E-state index contributed by atoms with van der Waals surface area (Å²) in [7, 11) is 2.13. The van der Waals surface area contributed by atoms with E-state index in [1.54, 1.807) is 11.3 Å². The molecule has 0 N–H and O–H groups in total. The van der Waals surface area contributed by atoms with Gasteiger partial charge in [0.15, 0.2) is 0 Å². The third kappa shape index (κ3) is 3.48. The van der Waals surface area contributed by atoms with E-state index in [9.17, 15) is 4.79 Å². The van der Waals surface area contributed by atoms with E-state index in [2.05, 4.69) is 37.9 Å². The van der Waals surface area contributed by atoms with Crippen LogP contribution < -0.4 is 0 Å². The highest BCUT2D eigenvalue weighted by atomic mass is 32.1. The van der Waals surface area contributed by atoms with E-state index >= 15 is 0 Å². The number of piperidine rings is 1. The molecule has 3 rings (SSSR count). The van der Waals surface area contributed by atoms with E-state index in [-0.39, 0.29) is 12.1 Å². The van der Waals surface area contributed by atoms with Crippen molar-refractivity contribution in [2.75, 3.05) is 20.1 Å². The minimum Gasteiger partial charge on any atom is -0.462 e. The summed E-state index contributed by atoms with van der Waals surface area (Å²) in [5.74, 6) is 0.445. The number of hydrogen-bond donors (Lipinski definition) is 0. The summed E-state index contributed by atoms with van der Waals surface area (Å²) in [4.78, 5) is 18.0. The number of rotatable bonds is 4. The third-order valence-corrected chi connectivity index (χ3v) is 7.03. The van der Waals surface area contributed by atoms with Crippen molar-refractivity contribution in [2.24, 2.45) is 5.92 Å². The smallest absolute Gasteiger partial charge is 0.317 e. The van der Waals surface area contributed by atoms with Crippen LogP contribution in [0.5, 0.6) is 0 Å². The Kier molecular flexibility index (Phi) is 5.12. The van der Waals surface area contributed by atoms with Gasteiger partial charge in [0.05, 0.1) is 0 Å². The Hall–Kier alpha value is -0.870. The predicted molar refractivity (Wildman–Crippen MR) is 95.0 cm³/mol. The minimum absolute atomic E-state index is 0.0146. The largest absolute Gasteiger partial charge is 0.462 e. The monoisotopic (exact) mass is 335 g/mol. The maximum Gasteiger partial charge on any atom is 0.317 e. The summed E-state index contributed by atoms with van der Waals surface area (Å²) in [6, 6.07) is 4.28. The van der Waals surface area contributed by atoms with Crippen LogP contribution in [-0.2, 0) is 14.9 Å². The van der Waals surface area contributed by atoms with E-state index in [1.807, 2.05) is 0 Å². The Morgan fingerprint density at radius 1 is 1.22 bits per heavy atom. The fourth-order valence-corrected chi connectivity index (χ4v) is 5.14. The molecule has 1 saturated heterocycles. The van der Waals surface area contributed by atoms with Crippen LogP contribution in [0, 0.1) is 12.8 Å². The van der Waals surface area contributed by atoms with Crippen LogP contribution in [0.2, 0.25) is 0 Å². The molecule has 23 heavy (non-hydrogen) atoms. The van der Waals surface area contributed by atoms with Gasteiger partial charge in [-0.25, -0.2) is 0 Å². The molecule has 0 amide bonds. The molecule has 4 heteroatoms. The van der Waals surface area contributed by atoms with Crippen molar-refractivity contribution in [3.8, 4) is 0 Å². The van der Waals surface area contributed by atoms with Gasteiger partial charge in [-0.2, -0.15) is 0 Å². The van der Waals surface area contributed by atoms with Crippen molar-refractivity contribution >= 4 is 17.3 Å². The molecule has 0 aromatic carbocycles. The number of aryl methyl sites for hydroxylation is 1. The lowest BCUT2D eigenvalue weighted by atomic mass is 9.74. The van der Waals surface area contributed by atoms with Gasteiger partial charge in [-0.05, 0) is 64.6 Å². The van der Waals surface area contributed by atoms with Crippen LogP contribution in [0.15, 0.2) is 12.1 Å². The number of thiophene rings is 1. The molecular weight excluding hydrogens is 306 g/mol. The quantitative estimate of drug-likeness (QED) is 0.775. The molecule has 0 spiro atoms. The summed E-state index contributed by atoms with van der Waals surface area (Å²) in [5, 5.41) is 0. The van der Waals surface area contributed by atoms with Crippen LogP contribution in [0.1, 0.15) is 55.2 Å². The van der Waals surface area contributed by atoms with Crippen LogP contribution >= 0.6 is 11.3 Å². The number of carbonyl (C=O) groups is 1. The normalized spacial score (nSPS) is 23.8. The first-order valence-corrected chi connectivity index (χ1v) is 9.78. The second kappa shape index (κ2) is 6.94. The predicted octanol–water partition coefficient (Wildman–Crippen LogP) is 4.14. The van der Waals surface area contributed by atoms with Crippen molar-refractivity contribution in [1.82, 2.24) is 4.90 Å². The van der Waals surface area contributed by atoms with Crippen molar-refractivity contribution in [3.63, 3.8) is 0 Å². The van der Waals surface area contributed by atoms with Gasteiger partial charge in [-0.15, -0.1) is 11.3 Å². The molecule has 128 valence electrons. The number of nitrogens with zero attached hydrogens (tertiary/aromatic N) is 1. The van der Waals surface area contributed by atoms with Crippen LogP contribution in [0.4, 0.5) is 0 Å². The Morgan fingerprint density at radius 3 is 2.43 bits per heavy atom. The lowest BCUT2D eigenvalue weighted by Gasteiger charge is -2.36. The Balaban J connectivity index is 1.78. The van der Waals surface area contributed by atoms with Crippen LogP contribution in [0.3, 0.4) is 0 Å². The second-order valence-corrected chi connectivity index (χ2v) is 8.79. The molecule has 1 saturated carbocycles. The van der Waals surface area contributed by atoms with Gasteiger partial charge in [0.1, 0.15) is 11.5 Å². The summed E-state index contributed by atoms with van der Waals surface area (Å²) in [6.45, 7) is 6.30. The van der Waals surface area contributed by atoms with E-state index in [0.29, 0.717) is 5.92 Å². The lowest BCUT2D eigenvalue weighted by Crippen LogP contribution is -2.44. The molecule has 3 nitrogen and oxygen atoms in total. The first kappa shape index (κ1) is 17.0. The molecule has 1 atom stereocenters. The summed E-state index contributed by atoms with van der Waals surface area (Å²) in [5.41, 5.74) is -0.460. The average molecular weight is 336 g/mol. The van der Waals surface area contributed by atoms with Gasteiger partial charge >= 0.3 is 5.97 Å². The SMILES string of the molecule is Cc1ccc([C@](C)(C(=O)OC2CCN(C)CC2)C2CCCC2)s1. The fraction of sp³-hybridized carbons (Fsp3) is 0.737. The number of esters is 1. The van der Waals surface area contributed by atoms with E-state index in [4.69, 9.17) is 4.74 Å². The van der Waals surface area contributed by atoms with Gasteiger partial charge in [0.2, 0.25) is 0 Å². The summed E-state index contributed by atoms with van der Waals surface area (Å²) in [6.07, 6.45) is 6.81. The molecule has 1 aromatic heterocycles. The van der Waals surface area contributed by atoms with E-state index < -0.39 is 5.41 Å². The Labute approximate surface area is 144 Å². The van der Waals surface area contributed by atoms with Crippen molar-refractivity contribution in [1.29, 1.82) is 0 Å². The third-order valence-electron chi connectivity index (χ3n) is 5.79. The van der Waals surface area contributed by atoms with E-state index in [1.165, 1.54) is 22.6 Å². The van der Waals surface area contributed by atoms with Gasteiger partial charge in [0, 0.05) is 22.8 Å². The zero-order valence-corrected chi connectivity index (χ0v) is 15.5. The molecule has 0 unspecified atom stereocenters. The fourth-order valence-electron chi connectivity index (χ4n) is 4.06. The van der Waals surface area contributed by atoms with Gasteiger partial charge in [-0.1, -0.05) is 12.8 Å². The summed E-state index contributed by atoms with van der Waals surface area (Å²) < 4.78 is 6.02. The topological polar surface area (TPSA) is 29.5 Å². The molecule has 2 aliphatic rings. The highest BCUT2D eigenvalue weighted by molar-refractivity contribution is 7.12. The molecule has 2 fully saturated rings. The standard InChI is InChI=1S/C19H29NO2S/c1-14-8-9-17(23-14)19(2,15-6-4-5-7-15)18(21)22-16-10-12-20(3)13-11-16/h8-9,15-16H,4-7,10-13H2,1-3H3/t19-/m1/s1. The highest BCUT2D eigenvalue weighted by Gasteiger charge is 2.47. The zero-order chi connectivity index (χ0) is 16.4. The van der Waals surface area contributed by atoms with Crippen LogP contribution in [0.25, 0.3) is 0 Å². The van der Waals surface area contributed by atoms with E-state index in [0.717, 1.165) is 38.8 Å². The number of likely N-dealkylation sites (tertiary alicyclic amines) is 1. The number of hydrogen-bond acceptors (Lipinski definition) is 4. The number of carbonyl (C=O) groups excluding carboxylic acids is 1. The molecule has 1 aromatic rings. The average Bonchev–Trinajstić information content (AvgIpc) is 3.20. The molecule has 1 aliphatic carbocycles. The molecular formula is C19H29NO2S. The van der Waals surface area contributed by atoms with Crippen molar-refractivity contribution in [2.45, 2.75) is 63.9 Å². The molecule has 0 bridgehead atoms. The Bertz CT molecular complexity index is 541. The highest BCUT2D eigenvalue weighted by Crippen LogP contribution is 2.45. The van der Waals surface area contributed by atoms with Crippen LogP contribution in [-0.4, -0.2) is 37.1 Å². The molecule has 2 heterocycles. The lowest BCUT2D eigenvalue weighted by molar-refractivity contribution is -0.160. The molecule has 0 radical (unpaired) electrons. The number of ether oxygens (including phenoxy) is 1. The van der Waals surface area contributed by atoms with Gasteiger partial charge in [-0.3, -0.25) is 4.79 Å². The van der Waals surface area contributed by atoms with Gasteiger partial charge in [0.25, 0.3) is 0 Å². The maximum absolute atomic E-state index is 13.2. The minimum atomic E-state index is -0.460. The second-order valence-electron chi connectivity index (χ2n) is 7.50. The van der Waals surface area contributed by atoms with Crippen molar-refractivity contribution < 1.29 is 9.53 Å². The molecule has 1 aliphatic heterocycles. The summed E-state index contributed by atoms with van der Waals surface area (Å²) >= 11 is 1.76. The van der Waals surface area contributed by atoms with Crippen molar-refractivity contribution in [3.05, 3.63) is 21.9 Å². The first-order valence-electron chi connectivity index (χ1n) is 8.96. The Morgan fingerprint density at radius 2 is 1.87 bits per heavy atom. The zero-order valence-electron chi connectivity index (χ0n) is 14.6. The van der Waals surface area contributed by atoms with Gasteiger partial charge < -0.3 is 9.64 Å². The maximum atomic E-state index is 13.2. The first-order chi connectivity index (χ1) is 11.0.